The van der Waals surface area contributed by atoms with E-state index in [0.717, 1.165) is 12.1 Å². The van der Waals surface area contributed by atoms with Crippen LogP contribution in [-0.2, 0) is 11.3 Å². The van der Waals surface area contributed by atoms with E-state index in [9.17, 15) is 27.2 Å². The van der Waals surface area contributed by atoms with Gasteiger partial charge in [0.05, 0.1) is 6.54 Å². The summed E-state index contributed by atoms with van der Waals surface area (Å²) in [5, 5.41) is 1.62. The smallest absolute Gasteiger partial charge is 0.398 e. The van der Waals surface area contributed by atoms with Crippen LogP contribution < -0.4 is 11.1 Å². The van der Waals surface area contributed by atoms with E-state index >= 15 is 0 Å². The number of hydrogen-bond acceptors (Lipinski definition) is 3. The van der Waals surface area contributed by atoms with E-state index in [1.165, 1.54) is 6.07 Å². The molecule has 0 bridgehead atoms. The van der Waals surface area contributed by atoms with E-state index in [4.69, 9.17) is 5.73 Å². The number of nitrogen functional groups attached to an aromatic ring is 1. The monoisotopic (exact) mass is 305 g/mol. The maximum atomic E-state index is 12.9. The Morgan fingerprint density at radius 2 is 1.95 bits per heavy atom. The van der Waals surface area contributed by atoms with E-state index in [0.29, 0.717) is 11.8 Å². The number of nitrogens with zero attached hydrogens (tertiary/aromatic N) is 1. The standard InChI is InChI=1S/C12H11F4N3O2/c1-11(12(14,15)16)9(20)19(10(21)18-11)5-6-2-3-7(13)4-8(6)17/h2-4H,5,17H2,1H3,(H,18,21). The predicted molar refractivity (Wildman–Crippen MR) is 64.4 cm³/mol. The van der Waals surface area contributed by atoms with E-state index in [-0.39, 0.29) is 11.3 Å². The highest BCUT2D eigenvalue weighted by molar-refractivity contribution is 6.07. The number of alkyl halides is 3. The molecule has 1 aromatic rings. The number of imide groups is 1. The first-order valence-corrected chi connectivity index (χ1v) is 5.81. The summed E-state index contributed by atoms with van der Waals surface area (Å²) >= 11 is 0. The lowest BCUT2D eigenvalue weighted by molar-refractivity contribution is -0.191. The van der Waals surface area contributed by atoms with Crippen LogP contribution in [0, 0.1) is 5.82 Å². The largest absolute Gasteiger partial charge is 0.420 e. The molecule has 1 aliphatic rings. The highest BCUT2D eigenvalue weighted by Crippen LogP contribution is 2.35. The third-order valence-electron chi connectivity index (χ3n) is 3.28. The first-order chi connectivity index (χ1) is 9.56. The quantitative estimate of drug-likeness (QED) is 0.497. The highest BCUT2D eigenvalue weighted by atomic mass is 19.4. The first kappa shape index (κ1) is 15.1. The van der Waals surface area contributed by atoms with Crippen LogP contribution in [0.4, 0.5) is 28.0 Å². The second-order valence-corrected chi connectivity index (χ2v) is 4.79. The Morgan fingerprint density at radius 1 is 1.33 bits per heavy atom. The molecule has 0 saturated carbocycles. The number of nitrogens with two attached hydrogens (primary N) is 1. The molecule has 0 aromatic heterocycles. The Labute approximate surface area is 116 Å². The molecule has 3 N–H and O–H groups in total. The molecule has 1 unspecified atom stereocenters. The summed E-state index contributed by atoms with van der Waals surface area (Å²) < 4.78 is 51.5. The summed E-state index contributed by atoms with van der Waals surface area (Å²) in [6, 6.07) is 2.02. The lowest BCUT2D eigenvalue weighted by atomic mass is 10.0. The molecule has 1 aromatic carbocycles. The number of carbonyl (C=O) groups excluding carboxylic acids is 2. The van der Waals surface area contributed by atoms with Crippen LogP contribution in [-0.4, -0.2) is 28.6 Å². The van der Waals surface area contributed by atoms with E-state index in [1.54, 1.807) is 5.32 Å². The van der Waals surface area contributed by atoms with Crippen molar-refractivity contribution in [3.05, 3.63) is 29.6 Å². The minimum atomic E-state index is -4.93. The van der Waals surface area contributed by atoms with Gasteiger partial charge in [-0.3, -0.25) is 9.69 Å². The maximum Gasteiger partial charge on any atom is 0.420 e. The fraction of sp³-hybridized carbons (Fsp3) is 0.333. The molecule has 3 amide bonds. The normalized spacial score (nSPS) is 22.6. The van der Waals surface area contributed by atoms with Gasteiger partial charge in [0.1, 0.15) is 5.82 Å². The summed E-state index contributed by atoms with van der Waals surface area (Å²) in [6.45, 7) is 0.115. The average Bonchev–Trinajstić information content (AvgIpc) is 2.56. The number of amides is 3. The van der Waals surface area contributed by atoms with Crippen LogP contribution in [0.1, 0.15) is 12.5 Å². The summed E-state index contributed by atoms with van der Waals surface area (Å²) in [4.78, 5) is 23.9. The minimum Gasteiger partial charge on any atom is -0.398 e. The van der Waals surface area contributed by atoms with Gasteiger partial charge in [-0.2, -0.15) is 13.2 Å². The van der Waals surface area contributed by atoms with Gasteiger partial charge in [-0.05, 0) is 24.6 Å². The van der Waals surface area contributed by atoms with Gasteiger partial charge in [-0.1, -0.05) is 6.07 Å². The van der Waals surface area contributed by atoms with E-state index < -0.39 is 36.0 Å². The molecule has 2 rings (SSSR count). The Hall–Kier alpha value is -2.32. The van der Waals surface area contributed by atoms with Crippen molar-refractivity contribution in [3.8, 4) is 0 Å². The number of halogens is 4. The lowest BCUT2D eigenvalue weighted by Gasteiger charge is -2.24. The van der Waals surface area contributed by atoms with Gasteiger partial charge in [0.25, 0.3) is 5.91 Å². The molecule has 114 valence electrons. The second kappa shape index (κ2) is 4.61. The molecule has 1 atom stereocenters. The van der Waals surface area contributed by atoms with Crippen molar-refractivity contribution in [2.24, 2.45) is 0 Å². The number of anilines is 1. The van der Waals surface area contributed by atoms with Crippen molar-refractivity contribution in [2.45, 2.75) is 25.2 Å². The van der Waals surface area contributed by atoms with E-state index in [2.05, 4.69) is 0 Å². The van der Waals surface area contributed by atoms with Crippen LogP contribution in [0.2, 0.25) is 0 Å². The van der Waals surface area contributed by atoms with Gasteiger partial charge in [-0.15, -0.1) is 0 Å². The SMILES string of the molecule is CC1(C(F)(F)F)NC(=O)N(Cc2ccc(F)cc2N)C1=O. The zero-order valence-corrected chi connectivity index (χ0v) is 10.8. The van der Waals surface area contributed by atoms with Gasteiger partial charge in [0.15, 0.2) is 0 Å². The number of hydrogen-bond donors (Lipinski definition) is 2. The lowest BCUT2D eigenvalue weighted by Crippen LogP contribution is -2.56. The van der Waals surface area contributed by atoms with Gasteiger partial charge in [0, 0.05) is 5.69 Å². The summed E-state index contributed by atoms with van der Waals surface area (Å²) in [5.74, 6) is -2.06. The molecule has 0 spiro atoms. The fourth-order valence-electron chi connectivity index (χ4n) is 1.91. The maximum absolute atomic E-state index is 12.9. The van der Waals surface area contributed by atoms with Crippen LogP contribution in [0.5, 0.6) is 0 Å². The number of carbonyl (C=O) groups is 2. The molecule has 9 heteroatoms. The van der Waals surface area contributed by atoms with Crippen molar-refractivity contribution in [1.82, 2.24) is 10.2 Å². The van der Waals surface area contributed by atoms with E-state index in [1.807, 2.05) is 0 Å². The molecule has 1 saturated heterocycles. The molecular weight excluding hydrogens is 294 g/mol. The van der Waals surface area contributed by atoms with Gasteiger partial charge < -0.3 is 11.1 Å². The third kappa shape index (κ3) is 2.39. The summed E-state index contributed by atoms with van der Waals surface area (Å²) in [5.41, 5.74) is 2.65. The minimum absolute atomic E-state index is 0.0591. The van der Waals surface area contributed by atoms with Crippen molar-refractivity contribution < 1.29 is 27.2 Å². The van der Waals surface area contributed by atoms with Crippen molar-refractivity contribution in [1.29, 1.82) is 0 Å². The molecule has 1 aliphatic heterocycles. The van der Waals surface area contributed by atoms with Gasteiger partial charge >= 0.3 is 12.2 Å². The Morgan fingerprint density at radius 3 is 2.43 bits per heavy atom. The topological polar surface area (TPSA) is 75.4 Å². The zero-order valence-electron chi connectivity index (χ0n) is 10.8. The first-order valence-electron chi connectivity index (χ1n) is 5.81. The zero-order chi connectivity index (χ0) is 16.0. The van der Waals surface area contributed by atoms with Crippen molar-refractivity contribution in [2.75, 3.05) is 5.73 Å². The number of nitrogens with one attached hydrogen (secondary N) is 1. The van der Waals surface area contributed by atoms with Crippen LogP contribution >= 0.6 is 0 Å². The molecule has 1 heterocycles. The van der Waals surface area contributed by atoms with Crippen molar-refractivity contribution >= 4 is 17.6 Å². The number of urea groups is 1. The Balaban J connectivity index is 2.30. The van der Waals surface area contributed by atoms with Crippen LogP contribution in [0.25, 0.3) is 0 Å². The molecular formula is C12H11F4N3O2. The Bertz CT molecular complexity index is 617. The van der Waals surface area contributed by atoms with Crippen LogP contribution in [0.3, 0.4) is 0 Å². The number of benzene rings is 1. The predicted octanol–water partition coefficient (Wildman–Crippen LogP) is 1.78. The Kier molecular flexibility index (Phi) is 3.31. The molecule has 5 nitrogen and oxygen atoms in total. The molecule has 0 aliphatic carbocycles. The third-order valence-corrected chi connectivity index (χ3v) is 3.28. The average molecular weight is 305 g/mol. The molecule has 21 heavy (non-hydrogen) atoms. The number of rotatable bonds is 2. The highest BCUT2D eigenvalue weighted by Gasteiger charge is 2.64. The fourth-order valence-corrected chi connectivity index (χ4v) is 1.91. The second-order valence-electron chi connectivity index (χ2n) is 4.79. The summed E-state index contributed by atoms with van der Waals surface area (Å²) in [6.07, 6.45) is -4.93. The summed E-state index contributed by atoms with van der Waals surface area (Å²) in [7, 11) is 0. The molecule has 1 fully saturated rings. The van der Waals surface area contributed by atoms with Gasteiger partial charge in [0.2, 0.25) is 5.54 Å². The molecule has 0 radical (unpaired) electrons. The van der Waals surface area contributed by atoms with Gasteiger partial charge in [-0.25, -0.2) is 9.18 Å². The van der Waals surface area contributed by atoms with Crippen molar-refractivity contribution in [3.63, 3.8) is 0 Å². The van der Waals surface area contributed by atoms with Crippen LogP contribution in [0.15, 0.2) is 18.2 Å².